The number of nitrogens with zero attached hydrogens (tertiary/aromatic N) is 5. The third-order valence-corrected chi connectivity index (χ3v) is 6.60. The van der Waals surface area contributed by atoms with Gasteiger partial charge in [-0.05, 0) is 46.5 Å². The van der Waals surface area contributed by atoms with E-state index in [1.54, 1.807) is 6.92 Å². The summed E-state index contributed by atoms with van der Waals surface area (Å²) < 4.78 is 10.6. The summed E-state index contributed by atoms with van der Waals surface area (Å²) in [7, 11) is 0. The highest BCUT2D eigenvalue weighted by atomic mass is 16.5. The van der Waals surface area contributed by atoms with Gasteiger partial charge in [-0.15, -0.1) is 0 Å². The topological polar surface area (TPSA) is 106 Å². The molecule has 9 heteroatoms. The first kappa shape index (κ1) is 21.5. The van der Waals surface area contributed by atoms with E-state index in [1.165, 1.54) is 0 Å². The number of hydrogen-bond donors (Lipinski definition) is 0. The van der Waals surface area contributed by atoms with Crippen molar-refractivity contribution in [2.75, 3.05) is 19.6 Å². The Balaban J connectivity index is 1.46. The molecule has 0 spiro atoms. The van der Waals surface area contributed by atoms with Crippen molar-refractivity contribution in [2.24, 2.45) is 5.92 Å². The maximum Gasteiger partial charge on any atom is 0.249 e. The minimum absolute atomic E-state index is 0.0633. The Morgan fingerprint density at radius 2 is 1.77 bits per heavy atom. The van der Waals surface area contributed by atoms with Crippen molar-refractivity contribution < 1.29 is 18.6 Å². The van der Waals surface area contributed by atoms with Gasteiger partial charge >= 0.3 is 0 Å². The SMILES string of the molecule is Cc1noc([C@@H]2CCN(C(=O)CCc3c(C)noc3C)CCN2C(=O)C2CCCC2)n1. The van der Waals surface area contributed by atoms with E-state index in [1.807, 2.05) is 23.6 Å². The first-order valence-electron chi connectivity index (χ1n) is 11.2. The summed E-state index contributed by atoms with van der Waals surface area (Å²) >= 11 is 0. The van der Waals surface area contributed by atoms with Crippen LogP contribution >= 0.6 is 0 Å². The van der Waals surface area contributed by atoms with Crippen LogP contribution in [-0.4, -0.2) is 56.5 Å². The molecule has 0 radical (unpaired) electrons. The van der Waals surface area contributed by atoms with E-state index in [0.717, 1.165) is 42.7 Å². The van der Waals surface area contributed by atoms with E-state index in [4.69, 9.17) is 9.05 Å². The summed E-state index contributed by atoms with van der Waals surface area (Å²) in [6.07, 6.45) is 5.66. The van der Waals surface area contributed by atoms with E-state index in [0.29, 0.717) is 50.6 Å². The lowest BCUT2D eigenvalue weighted by molar-refractivity contribution is -0.138. The van der Waals surface area contributed by atoms with Gasteiger partial charge in [0, 0.05) is 37.5 Å². The van der Waals surface area contributed by atoms with E-state index in [9.17, 15) is 9.59 Å². The molecular weight excluding hydrogens is 398 g/mol. The molecule has 0 bridgehead atoms. The maximum atomic E-state index is 13.3. The largest absolute Gasteiger partial charge is 0.361 e. The number of carbonyl (C=O) groups excluding carboxylic acids is 2. The van der Waals surface area contributed by atoms with Gasteiger partial charge in [-0.1, -0.05) is 23.2 Å². The summed E-state index contributed by atoms with van der Waals surface area (Å²) in [6, 6.07) is -0.283. The Morgan fingerprint density at radius 3 is 2.42 bits per heavy atom. The summed E-state index contributed by atoms with van der Waals surface area (Å²) in [6.45, 7) is 7.10. The molecule has 4 rings (SSSR count). The van der Waals surface area contributed by atoms with Gasteiger partial charge in [-0.25, -0.2) is 0 Å². The molecule has 1 aliphatic carbocycles. The molecule has 1 saturated heterocycles. The monoisotopic (exact) mass is 429 g/mol. The van der Waals surface area contributed by atoms with Gasteiger partial charge in [0.15, 0.2) is 5.82 Å². The molecule has 2 aliphatic rings. The summed E-state index contributed by atoms with van der Waals surface area (Å²) in [5, 5.41) is 7.89. The number of aryl methyl sites for hydroxylation is 3. The molecule has 2 aromatic heterocycles. The van der Waals surface area contributed by atoms with E-state index >= 15 is 0 Å². The van der Waals surface area contributed by atoms with Crippen LogP contribution in [0.4, 0.5) is 0 Å². The Hall–Kier alpha value is -2.71. The number of carbonyl (C=O) groups is 2. The quantitative estimate of drug-likeness (QED) is 0.719. The van der Waals surface area contributed by atoms with Crippen molar-refractivity contribution in [3.05, 3.63) is 28.7 Å². The van der Waals surface area contributed by atoms with Crippen LogP contribution in [0.5, 0.6) is 0 Å². The molecule has 31 heavy (non-hydrogen) atoms. The molecule has 1 saturated carbocycles. The van der Waals surface area contributed by atoms with Gasteiger partial charge in [0.25, 0.3) is 0 Å². The highest BCUT2D eigenvalue weighted by molar-refractivity contribution is 5.80. The second-order valence-electron chi connectivity index (χ2n) is 8.68. The molecule has 0 aromatic carbocycles. The predicted octanol–water partition coefficient (Wildman–Crippen LogP) is 2.91. The van der Waals surface area contributed by atoms with Crippen molar-refractivity contribution in [1.29, 1.82) is 0 Å². The second kappa shape index (κ2) is 9.20. The predicted molar refractivity (Wildman–Crippen MR) is 111 cm³/mol. The lowest BCUT2D eigenvalue weighted by atomic mass is 10.0. The molecule has 0 N–H and O–H groups in total. The van der Waals surface area contributed by atoms with Crippen LogP contribution in [0, 0.1) is 26.7 Å². The number of aromatic nitrogens is 3. The molecule has 0 unspecified atom stereocenters. The molecule has 2 amide bonds. The average molecular weight is 430 g/mol. The Labute approximate surface area is 182 Å². The fourth-order valence-electron chi connectivity index (χ4n) is 4.80. The first-order chi connectivity index (χ1) is 14.9. The van der Waals surface area contributed by atoms with Crippen LogP contribution in [0.15, 0.2) is 9.05 Å². The molecular formula is C22H31N5O4. The number of hydrogen-bond acceptors (Lipinski definition) is 7. The zero-order valence-electron chi connectivity index (χ0n) is 18.6. The molecule has 2 aromatic rings. The van der Waals surface area contributed by atoms with Crippen molar-refractivity contribution in [3.63, 3.8) is 0 Å². The Kier molecular flexibility index (Phi) is 6.38. The molecule has 168 valence electrons. The highest BCUT2D eigenvalue weighted by Crippen LogP contribution is 2.32. The van der Waals surface area contributed by atoms with Crippen LogP contribution in [0.3, 0.4) is 0 Å². The van der Waals surface area contributed by atoms with Crippen LogP contribution in [0.25, 0.3) is 0 Å². The summed E-state index contributed by atoms with van der Waals surface area (Å²) in [5.41, 5.74) is 1.83. The lowest BCUT2D eigenvalue weighted by Crippen LogP contribution is -2.41. The van der Waals surface area contributed by atoms with Crippen LogP contribution < -0.4 is 0 Å². The summed E-state index contributed by atoms with van der Waals surface area (Å²) in [5.74, 6) is 2.09. The molecule has 9 nitrogen and oxygen atoms in total. The van der Waals surface area contributed by atoms with E-state index < -0.39 is 0 Å². The highest BCUT2D eigenvalue weighted by Gasteiger charge is 2.37. The van der Waals surface area contributed by atoms with Gasteiger partial charge in [0.05, 0.1) is 5.69 Å². The zero-order valence-corrected chi connectivity index (χ0v) is 18.6. The van der Waals surface area contributed by atoms with Crippen molar-refractivity contribution >= 4 is 11.8 Å². The third-order valence-electron chi connectivity index (χ3n) is 6.60. The average Bonchev–Trinajstić information content (AvgIpc) is 3.46. The Morgan fingerprint density at radius 1 is 1.00 bits per heavy atom. The van der Waals surface area contributed by atoms with Crippen LogP contribution in [0.1, 0.15) is 73.3 Å². The van der Waals surface area contributed by atoms with Gasteiger partial charge in [0.2, 0.25) is 17.7 Å². The van der Waals surface area contributed by atoms with Gasteiger partial charge < -0.3 is 18.8 Å². The van der Waals surface area contributed by atoms with Crippen LogP contribution in [0.2, 0.25) is 0 Å². The van der Waals surface area contributed by atoms with Gasteiger partial charge in [0.1, 0.15) is 11.8 Å². The van der Waals surface area contributed by atoms with Gasteiger partial charge in [-0.2, -0.15) is 4.98 Å². The van der Waals surface area contributed by atoms with Crippen molar-refractivity contribution in [1.82, 2.24) is 25.1 Å². The number of rotatable bonds is 5. The van der Waals surface area contributed by atoms with Crippen molar-refractivity contribution in [3.8, 4) is 0 Å². The lowest BCUT2D eigenvalue weighted by Gasteiger charge is -2.29. The minimum atomic E-state index is -0.283. The van der Waals surface area contributed by atoms with Gasteiger partial charge in [-0.3, -0.25) is 9.59 Å². The fraction of sp³-hybridized carbons (Fsp3) is 0.682. The normalized spacial score (nSPS) is 20.3. The Bertz CT molecular complexity index is 911. The third kappa shape index (κ3) is 4.65. The second-order valence-corrected chi connectivity index (χ2v) is 8.68. The number of amides is 2. The molecule has 3 heterocycles. The van der Waals surface area contributed by atoms with Crippen molar-refractivity contribution in [2.45, 2.75) is 71.8 Å². The molecule has 2 fully saturated rings. The first-order valence-corrected chi connectivity index (χ1v) is 11.2. The smallest absolute Gasteiger partial charge is 0.249 e. The van der Waals surface area contributed by atoms with E-state index in [-0.39, 0.29) is 23.8 Å². The molecule has 1 aliphatic heterocycles. The standard InChI is InChI=1S/C22H31N5O4/c1-14-18(15(2)30-24-14)8-9-20(28)26-11-10-19(21-23-16(3)25-31-21)27(13-12-26)22(29)17-6-4-5-7-17/h17,19H,4-13H2,1-3H3/t19-/m0/s1. The van der Waals surface area contributed by atoms with E-state index in [2.05, 4.69) is 15.3 Å². The summed E-state index contributed by atoms with van der Waals surface area (Å²) in [4.78, 5) is 34.4. The fourth-order valence-corrected chi connectivity index (χ4v) is 4.80. The maximum absolute atomic E-state index is 13.3. The minimum Gasteiger partial charge on any atom is -0.361 e. The zero-order chi connectivity index (χ0) is 22.0. The van der Waals surface area contributed by atoms with Crippen LogP contribution in [-0.2, 0) is 16.0 Å². The molecule has 1 atom stereocenters.